The molecule has 3 rings (SSSR count). The highest BCUT2D eigenvalue weighted by atomic mass is 32.2. The first-order chi connectivity index (χ1) is 13.3. The molecule has 0 fully saturated rings. The normalized spacial score (nSPS) is 11.4. The number of carboxylic acid groups (broad SMARTS) is 1. The third-order valence-electron chi connectivity index (χ3n) is 3.85. The number of nitrogens with one attached hydrogen (secondary N) is 1. The first kappa shape index (κ1) is 20.2. The smallest absolute Gasteiger partial charge is 0.319 e. The summed E-state index contributed by atoms with van der Waals surface area (Å²) in [5.74, 6) is -0.670. The van der Waals surface area contributed by atoms with Crippen molar-refractivity contribution < 1.29 is 14.3 Å². The molecule has 28 heavy (non-hydrogen) atoms. The molecule has 0 radical (unpaired) electrons. The Kier molecular flexibility index (Phi) is 6.25. The van der Waals surface area contributed by atoms with Crippen molar-refractivity contribution in [1.29, 1.82) is 0 Å². The third kappa shape index (κ3) is 5.26. The van der Waals surface area contributed by atoms with Crippen LogP contribution in [0.15, 0.2) is 46.2 Å². The van der Waals surface area contributed by atoms with Gasteiger partial charge in [-0.1, -0.05) is 11.8 Å². The van der Waals surface area contributed by atoms with E-state index in [1.165, 1.54) is 35.2 Å². The summed E-state index contributed by atoms with van der Waals surface area (Å²) < 4.78 is 12.9. The number of aliphatic carboxylic acids is 1. The van der Waals surface area contributed by atoms with E-state index in [0.717, 1.165) is 15.6 Å². The van der Waals surface area contributed by atoms with Gasteiger partial charge in [0.15, 0.2) is 4.34 Å². The van der Waals surface area contributed by atoms with Crippen molar-refractivity contribution in [2.45, 2.75) is 29.4 Å². The second kappa shape index (κ2) is 8.66. The number of carbonyl (C=O) groups is 1. The molecule has 1 aromatic carbocycles. The summed E-state index contributed by atoms with van der Waals surface area (Å²) in [4.78, 5) is 24.4. The number of halogens is 1. The summed E-state index contributed by atoms with van der Waals surface area (Å²) in [5, 5.41) is 14.3. The van der Waals surface area contributed by atoms with E-state index >= 15 is 0 Å². The number of carboxylic acids is 1. The summed E-state index contributed by atoms with van der Waals surface area (Å²) in [6.45, 7) is 3.91. The molecular weight excluding hydrogens is 399 g/mol. The number of anilines is 1. The fourth-order valence-corrected chi connectivity index (χ4v) is 4.47. The van der Waals surface area contributed by atoms with Gasteiger partial charge in [0.1, 0.15) is 10.6 Å². The van der Waals surface area contributed by atoms with Gasteiger partial charge in [-0.3, -0.25) is 4.79 Å². The summed E-state index contributed by atoms with van der Waals surface area (Å²) in [6, 6.07) is 7.91. The highest BCUT2D eigenvalue weighted by molar-refractivity contribution is 8.02. The van der Waals surface area contributed by atoms with Crippen LogP contribution in [0.1, 0.15) is 19.5 Å². The molecule has 0 aliphatic rings. The maximum absolute atomic E-state index is 13.1. The van der Waals surface area contributed by atoms with Crippen LogP contribution in [0.25, 0.3) is 11.3 Å². The average molecular weight is 419 g/mol. The Morgan fingerprint density at radius 3 is 2.71 bits per heavy atom. The van der Waals surface area contributed by atoms with Crippen LogP contribution in [-0.2, 0) is 11.2 Å². The van der Waals surface area contributed by atoms with Gasteiger partial charge in [-0.05, 0) is 44.2 Å². The number of hydrogen-bond donors (Lipinski definition) is 2. The predicted molar refractivity (Wildman–Crippen MR) is 109 cm³/mol. The van der Waals surface area contributed by atoms with E-state index in [0.29, 0.717) is 24.6 Å². The van der Waals surface area contributed by atoms with E-state index < -0.39 is 10.7 Å². The van der Waals surface area contributed by atoms with Crippen LogP contribution in [0.3, 0.4) is 0 Å². The zero-order chi connectivity index (χ0) is 20.1. The van der Waals surface area contributed by atoms with Crippen molar-refractivity contribution in [3.05, 3.63) is 53.4 Å². The van der Waals surface area contributed by atoms with Gasteiger partial charge >= 0.3 is 5.97 Å². The Bertz CT molecular complexity index is 961. The number of benzene rings is 1. The van der Waals surface area contributed by atoms with Crippen molar-refractivity contribution in [2.24, 2.45) is 0 Å². The molecule has 3 aromatic rings. The molecule has 2 aromatic heterocycles. The van der Waals surface area contributed by atoms with E-state index in [4.69, 9.17) is 0 Å². The molecule has 0 atom stereocenters. The van der Waals surface area contributed by atoms with Crippen molar-refractivity contribution in [3.8, 4) is 11.3 Å². The van der Waals surface area contributed by atoms with E-state index in [1.807, 2.05) is 5.38 Å². The van der Waals surface area contributed by atoms with Crippen molar-refractivity contribution in [1.82, 2.24) is 15.0 Å². The Labute approximate surface area is 170 Å². The van der Waals surface area contributed by atoms with Crippen LogP contribution in [-0.4, -0.2) is 37.3 Å². The van der Waals surface area contributed by atoms with Gasteiger partial charge in [-0.2, -0.15) is 0 Å². The minimum absolute atomic E-state index is 0.288. The minimum Gasteiger partial charge on any atom is -0.480 e. The van der Waals surface area contributed by atoms with E-state index in [-0.39, 0.29) is 5.82 Å². The molecule has 2 heterocycles. The molecule has 0 bridgehead atoms. The van der Waals surface area contributed by atoms with Crippen molar-refractivity contribution in [3.63, 3.8) is 0 Å². The SMILES string of the molecule is CC(C)(Sc1nc(CCNc2nccc(-c3ccc(F)cc3)n2)cs1)C(=O)O. The van der Waals surface area contributed by atoms with Crippen LogP contribution in [0.4, 0.5) is 10.3 Å². The van der Waals surface area contributed by atoms with Gasteiger partial charge in [0.05, 0.1) is 11.4 Å². The Hall–Kier alpha value is -2.52. The number of rotatable bonds is 8. The number of thioether (sulfide) groups is 1. The second-order valence-electron chi connectivity index (χ2n) is 6.47. The van der Waals surface area contributed by atoms with Gasteiger partial charge in [0.2, 0.25) is 5.95 Å². The zero-order valence-electron chi connectivity index (χ0n) is 15.3. The molecule has 0 unspecified atom stereocenters. The summed E-state index contributed by atoms with van der Waals surface area (Å²) >= 11 is 2.68. The largest absolute Gasteiger partial charge is 0.480 e. The molecule has 6 nitrogen and oxygen atoms in total. The molecule has 9 heteroatoms. The molecule has 0 saturated heterocycles. The van der Waals surface area contributed by atoms with E-state index in [1.54, 1.807) is 38.2 Å². The zero-order valence-corrected chi connectivity index (χ0v) is 17.0. The molecule has 0 spiro atoms. The van der Waals surface area contributed by atoms with Gasteiger partial charge in [-0.15, -0.1) is 11.3 Å². The summed E-state index contributed by atoms with van der Waals surface area (Å²) in [6.07, 6.45) is 2.31. The first-order valence-corrected chi connectivity index (χ1v) is 10.2. The number of nitrogens with zero attached hydrogens (tertiary/aromatic N) is 3. The van der Waals surface area contributed by atoms with Crippen LogP contribution in [0, 0.1) is 5.82 Å². The fourth-order valence-electron chi connectivity index (χ4n) is 2.24. The van der Waals surface area contributed by atoms with Gasteiger partial charge < -0.3 is 10.4 Å². The maximum Gasteiger partial charge on any atom is 0.319 e. The van der Waals surface area contributed by atoms with Gasteiger partial charge in [0.25, 0.3) is 0 Å². The lowest BCUT2D eigenvalue weighted by Gasteiger charge is -2.15. The molecule has 0 amide bonds. The maximum atomic E-state index is 13.1. The Morgan fingerprint density at radius 2 is 2.00 bits per heavy atom. The number of hydrogen-bond acceptors (Lipinski definition) is 7. The highest BCUT2D eigenvalue weighted by Gasteiger charge is 2.29. The predicted octanol–water partition coefficient (Wildman–Crippen LogP) is 4.35. The average Bonchev–Trinajstić information content (AvgIpc) is 3.09. The Balaban J connectivity index is 1.56. The summed E-state index contributed by atoms with van der Waals surface area (Å²) in [7, 11) is 0. The lowest BCUT2D eigenvalue weighted by Crippen LogP contribution is -2.26. The molecule has 0 aliphatic heterocycles. The molecule has 146 valence electrons. The van der Waals surface area contributed by atoms with Gasteiger partial charge in [0, 0.05) is 30.1 Å². The standard InChI is InChI=1S/C19H19FN4O2S2/c1-19(2,16(25)26)28-18-23-14(11-27-18)7-9-21-17-22-10-8-15(24-17)12-3-5-13(20)6-4-12/h3-6,8,10-11H,7,9H2,1-2H3,(H,25,26)(H,21,22,24). The molecular formula is C19H19FN4O2S2. The van der Waals surface area contributed by atoms with Gasteiger partial charge in [-0.25, -0.2) is 19.3 Å². The van der Waals surface area contributed by atoms with E-state index in [2.05, 4.69) is 20.3 Å². The lowest BCUT2D eigenvalue weighted by molar-refractivity contribution is -0.138. The highest BCUT2D eigenvalue weighted by Crippen LogP contribution is 2.34. The number of thiazole rings is 1. The second-order valence-corrected chi connectivity index (χ2v) is 9.20. The van der Waals surface area contributed by atoms with Crippen LogP contribution < -0.4 is 5.32 Å². The van der Waals surface area contributed by atoms with Crippen molar-refractivity contribution in [2.75, 3.05) is 11.9 Å². The monoisotopic (exact) mass is 418 g/mol. The van der Waals surface area contributed by atoms with Crippen LogP contribution in [0.5, 0.6) is 0 Å². The first-order valence-electron chi connectivity index (χ1n) is 8.53. The summed E-state index contributed by atoms with van der Waals surface area (Å²) in [5.41, 5.74) is 2.41. The quantitative estimate of drug-likeness (QED) is 0.526. The molecule has 2 N–H and O–H groups in total. The molecule has 0 aliphatic carbocycles. The minimum atomic E-state index is -0.915. The van der Waals surface area contributed by atoms with E-state index in [9.17, 15) is 14.3 Å². The van der Waals surface area contributed by atoms with Crippen molar-refractivity contribution >= 4 is 35.0 Å². The van der Waals surface area contributed by atoms with Crippen LogP contribution >= 0.6 is 23.1 Å². The third-order valence-corrected chi connectivity index (χ3v) is 6.02. The number of aromatic nitrogens is 3. The van der Waals surface area contributed by atoms with Crippen LogP contribution in [0.2, 0.25) is 0 Å². The molecule has 0 saturated carbocycles. The Morgan fingerprint density at radius 1 is 1.25 bits per heavy atom. The lowest BCUT2D eigenvalue weighted by atomic mass is 10.1. The topological polar surface area (TPSA) is 88.0 Å². The fraction of sp³-hybridized carbons (Fsp3) is 0.263.